The number of hydrogen-bond acceptors (Lipinski definition) is 3. The zero-order valence-corrected chi connectivity index (χ0v) is 10.8. The molecule has 0 bridgehead atoms. The van der Waals surface area contributed by atoms with Gasteiger partial charge in [-0.25, -0.2) is 0 Å². The number of carboxylic acids is 1. The number of aliphatic carboxylic acids is 1. The molecule has 0 spiro atoms. The maximum absolute atomic E-state index is 11.9. The van der Waals surface area contributed by atoms with Gasteiger partial charge in [0.2, 0.25) is 0 Å². The Labute approximate surface area is 112 Å². The van der Waals surface area contributed by atoms with Crippen LogP contribution in [0.4, 0.5) is 0 Å². The Morgan fingerprint density at radius 2 is 1.89 bits per heavy atom. The summed E-state index contributed by atoms with van der Waals surface area (Å²) in [5.41, 5.74) is 1.58. The standard InChI is InChI=1S/C15H18O4/c16-12-5-4-10-8-19-9-11(10)13(12)15(14(17)18)6-2-1-3-7-15/h4-5,16H,1-3,6-9H2,(H,17,18). The van der Waals surface area contributed by atoms with Crippen LogP contribution in [0.2, 0.25) is 0 Å². The van der Waals surface area contributed by atoms with Crippen LogP contribution in [0.3, 0.4) is 0 Å². The number of carboxylic acid groups (broad SMARTS) is 1. The monoisotopic (exact) mass is 262 g/mol. The van der Waals surface area contributed by atoms with Gasteiger partial charge in [-0.1, -0.05) is 25.3 Å². The summed E-state index contributed by atoms with van der Waals surface area (Å²) < 4.78 is 5.42. The smallest absolute Gasteiger partial charge is 0.314 e. The Balaban J connectivity index is 2.18. The average molecular weight is 262 g/mol. The third kappa shape index (κ3) is 1.82. The van der Waals surface area contributed by atoms with Gasteiger partial charge in [0, 0.05) is 5.56 Å². The van der Waals surface area contributed by atoms with Crippen LogP contribution >= 0.6 is 0 Å². The first-order valence-electron chi connectivity index (χ1n) is 6.80. The first-order chi connectivity index (χ1) is 9.15. The van der Waals surface area contributed by atoms with Crippen molar-refractivity contribution in [3.63, 3.8) is 0 Å². The quantitative estimate of drug-likeness (QED) is 0.860. The van der Waals surface area contributed by atoms with Crippen LogP contribution in [0, 0.1) is 0 Å². The molecule has 1 aromatic carbocycles. The average Bonchev–Trinajstić information content (AvgIpc) is 2.87. The predicted octanol–water partition coefficient (Wildman–Crippen LogP) is 2.71. The number of phenolic OH excluding ortho intramolecular Hbond substituents is 1. The highest BCUT2D eigenvalue weighted by atomic mass is 16.5. The number of hydrogen-bond donors (Lipinski definition) is 2. The van der Waals surface area contributed by atoms with Crippen molar-refractivity contribution >= 4 is 5.97 Å². The molecule has 1 aromatic rings. The van der Waals surface area contributed by atoms with Gasteiger partial charge in [-0.3, -0.25) is 4.79 Å². The van der Waals surface area contributed by atoms with Gasteiger partial charge in [0.15, 0.2) is 0 Å². The molecule has 0 unspecified atom stereocenters. The van der Waals surface area contributed by atoms with Gasteiger partial charge >= 0.3 is 5.97 Å². The van der Waals surface area contributed by atoms with Crippen LogP contribution in [-0.4, -0.2) is 16.2 Å². The van der Waals surface area contributed by atoms with E-state index in [1.807, 2.05) is 6.07 Å². The second kappa shape index (κ2) is 4.53. The van der Waals surface area contributed by atoms with Gasteiger partial charge in [0.05, 0.1) is 18.6 Å². The minimum absolute atomic E-state index is 0.105. The SMILES string of the molecule is O=C(O)C1(c2c(O)ccc3c2COC3)CCCCC1. The van der Waals surface area contributed by atoms with E-state index in [1.165, 1.54) is 0 Å². The Bertz CT molecular complexity index is 515. The highest BCUT2D eigenvalue weighted by molar-refractivity contribution is 5.83. The van der Waals surface area contributed by atoms with Gasteiger partial charge in [0.25, 0.3) is 0 Å². The van der Waals surface area contributed by atoms with Gasteiger partial charge in [-0.05, 0) is 30.0 Å². The zero-order valence-electron chi connectivity index (χ0n) is 10.8. The molecule has 0 amide bonds. The van der Waals surface area contributed by atoms with Crippen LogP contribution in [0.25, 0.3) is 0 Å². The summed E-state index contributed by atoms with van der Waals surface area (Å²) in [5, 5.41) is 20.0. The summed E-state index contributed by atoms with van der Waals surface area (Å²) in [5.74, 6) is -0.712. The second-order valence-electron chi connectivity index (χ2n) is 5.54. The van der Waals surface area contributed by atoms with Crippen LogP contribution < -0.4 is 0 Å². The molecule has 4 heteroatoms. The first kappa shape index (κ1) is 12.5. The van der Waals surface area contributed by atoms with Crippen molar-refractivity contribution in [3.05, 3.63) is 28.8 Å². The van der Waals surface area contributed by atoms with Crippen LogP contribution in [-0.2, 0) is 28.2 Å². The van der Waals surface area contributed by atoms with Crippen molar-refractivity contribution in [2.24, 2.45) is 0 Å². The molecule has 2 N–H and O–H groups in total. The zero-order chi connectivity index (χ0) is 13.5. The van der Waals surface area contributed by atoms with Crippen LogP contribution in [0.5, 0.6) is 5.75 Å². The first-order valence-corrected chi connectivity index (χ1v) is 6.80. The molecule has 1 aliphatic heterocycles. The topological polar surface area (TPSA) is 66.8 Å². The second-order valence-corrected chi connectivity index (χ2v) is 5.54. The number of aromatic hydroxyl groups is 1. The number of benzene rings is 1. The van der Waals surface area contributed by atoms with Crippen LogP contribution in [0.15, 0.2) is 12.1 Å². The van der Waals surface area contributed by atoms with E-state index in [1.54, 1.807) is 6.07 Å². The van der Waals surface area contributed by atoms with Crippen molar-refractivity contribution in [2.75, 3.05) is 0 Å². The molecule has 4 nitrogen and oxygen atoms in total. The fraction of sp³-hybridized carbons (Fsp3) is 0.533. The van der Waals surface area contributed by atoms with Crippen molar-refractivity contribution in [3.8, 4) is 5.75 Å². The summed E-state index contributed by atoms with van der Waals surface area (Å²) in [7, 11) is 0. The molecule has 1 saturated carbocycles. The van der Waals surface area contributed by atoms with E-state index >= 15 is 0 Å². The molecule has 1 heterocycles. The van der Waals surface area contributed by atoms with Crippen molar-refractivity contribution < 1.29 is 19.7 Å². The lowest BCUT2D eigenvalue weighted by molar-refractivity contribution is -0.145. The lowest BCUT2D eigenvalue weighted by atomic mass is 9.67. The predicted molar refractivity (Wildman–Crippen MR) is 69.0 cm³/mol. The number of carbonyl (C=O) groups is 1. The van der Waals surface area contributed by atoms with Crippen molar-refractivity contribution in [1.82, 2.24) is 0 Å². The number of phenols is 1. The molecule has 19 heavy (non-hydrogen) atoms. The molecule has 102 valence electrons. The van der Waals surface area contributed by atoms with E-state index < -0.39 is 11.4 Å². The minimum Gasteiger partial charge on any atom is -0.508 e. The highest BCUT2D eigenvalue weighted by Gasteiger charge is 2.45. The molecular weight excluding hydrogens is 244 g/mol. The van der Waals surface area contributed by atoms with Crippen molar-refractivity contribution in [1.29, 1.82) is 0 Å². The Hall–Kier alpha value is -1.55. The maximum atomic E-state index is 11.9. The van der Waals surface area contributed by atoms with Gasteiger partial charge in [-0.15, -0.1) is 0 Å². The third-order valence-electron chi connectivity index (χ3n) is 4.49. The largest absolute Gasteiger partial charge is 0.508 e. The lowest BCUT2D eigenvalue weighted by Crippen LogP contribution is -2.38. The molecule has 0 radical (unpaired) electrons. The summed E-state index contributed by atoms with van der Waals surface area (Å²) in [6, 6.07) is 3.45. The third-order valence-corrected chi connectivity index (χ3v) is 4.49. The van der Waals surface area contributed by atoms with Gasteiger partial charge in [-0.2, -0.15) is 0 Å². The molecule has 1 aliphatic carbocycles. The number of fused-ring (bicyclic) bond motifs is 1. The summed E-state index contributed by atoms with van der Waals surface area (Å²) in [6.07, 6.45) is 4.08. The summed E-state index contributed by atoms with van der Waals surface area (Å²) in [4.78, 5) is 11.9. The van der Waals surface area contributed by atoms with Crippen LogP contribution in [0.1, 0.15) is 48.8 Å². The van der Waals surface area contributed by atoms with E-state index in [2.05, 4.69) is 0 Å². The summed E-state index contributed by atoms with van der Waals surface area (Å²) >= 11 is 0. The fourth-order valence-corrected chi connectivity index (χ4v) is 3.50. The molecule has 1 fully saturated rings. The molecular formula is C15H18O4. The molecule has 0 saturated heterocycles. The molecule has 2 aliphatic rings. The molecule has 3 rings (SSSR count). The van der Waals surface area contributed by atoms with E-state index in [-0.39, 0.29) is 5.75 Å². The normalized spacial score (nSPS) is 21.1. The van der Waals surface area contributed by atoms with E-state index in [0.29, 0.717) is 31.6 Å². The molecule has 0 aromatic heterocycles. The Morgan fingerprint density at radius 3 is 2.58 bits per heavy atom. The van der Waals surface area contributed by atoms with Crippen molar-refractivity contribution in [2.45, 2.75) is 50.7 Å². The lowest BCUT2D eigenvalue weighted by Gasteiger charge is -2.35. The van der Waals surface area contributed by atoms with Gasteiger partial charge in [0.1, 0.15) is 5.75 Å². The van der Waals surface area contributed by atoms with Gasteiger partial charge < -0.3 is 14.9 Å². The minimum atomic E-state index is -0.929. The number of ether oxygens (including phenoxy) is 1. The maximum Gasteiger partial charge on any atom is 0.314 e. The highest BCUT2D eigenvalue weighted by Crippen LogP contribution is 2.46. The van der Waals surface area contributed by atoms with E-state index in [0.717, 1.165) is 30.4 Å². The van der Waals surface area contributed by atoms with E-state index in [4.69, 9.17) is 4.74 Å². The summed E-state index contributed by atoms with van der Waals surface area (Å²) in [6.45, 7) is 0.923. The Morgan fingerprint density at radius 1 is 1.16 bits per heavy atom. The molecule has 0 atom stereocenters. The number of rotatable bonds is 2. The Kier molecular flexibility index (Phi) is 2.97. The fourth-order valence-electron chi connectivity index (χ4n) is 3.50. The van der Waals surface area contributed by atoms with E-state index in [9.17, 15) is 15.0 Å².